The Hall–Kier alpha value is -2.08. The van der Waals surface area contributed by atoms with Crippen LogP contribution in [-0.2, 0) is 30.2 Å². The van der Waals surface area contributed by atoms with Crippen LogP contribution in [0.3, 0.4) is 0 Å². The summed E-state index contributed by atoms with van der Waals surface area (Å²) >= 11 is 0. The Morgan fingerprint density at radius 3 is 2.33 bits per heavy atom. The molecule has 0 saturated heterocycles. The van der Waals surface area contributed by atoms with Crippen LogP contribution in [0.5, 0.6) is 5.75 Å². The maximum Gasteiger partial charge on any atom is 0.344 e. The van der Waals surface area contributed by atoms with Crippen molar-refractivity contribution in [1.82, 2.24) is 0 Å². The average molecular weight is 340 g/mol. The highest BCUT2D eigenvalue weighted by atomic mass is 16.6. The third-order valence-corrected chi connectivity index (χ3v) is 2.79. The first-order valence-electron chi connectivity index (χ1n) is 7.98. The Morgan fingerprint density at radius 2 is 1.79 bits per heavy atom. The first-order valence-corrected chi connectivity index (χ1v) is 7.98. The van der Waals surface area contributed by atoms with E-state index in [1.165, 1.54) is 14.2 Å². The molecule has 0 N–H and O–H groups in total. The molecule has 24 heavy (non-hydrogen) atoms. The molecule has 0 spiro atoms. The second kappa shape index (κ2) is 12.4. The van der Waals surface area contributed by atoms with Gasteiger partial charge in [-0.05, 0) is 31.5 Å². The average Bonchev–Trinajstić information content (AvgIpc) is 2.58. The lowest BCUT2D eigenvalue weighted by molar-refractivity contribution is -0.152. The van der Waals surface area contributed by atoms with Gasteiger partial charge in [-0.15, -0.1) is 0 Å². The van der Waals surface area contributed by atoms with Crippen molar-refractivity contribution in [2.75, 3.05) is 20.8 Å². The molecule has 1 aromatic carbocycles. The standard InChI is InChI=1S/C16H22O6.C2H6/c1-11(2)22-15(17)10-21-13-7-5-6-12(8-13)9-14(19-3)16(18)20-4;1-2/h5-8,11,14H,9-10H2,1-4H3;1-2H3. The SMILES string of the molecule is CC.COC(=O)C(Cc1cccc(OCC(=O)OC(C)C)c1)OC. The van der Waals surface area contributed by atoms with Crippen molar-refractivity contribution in [3.8, 4) is 5.75 Å². The second-order valence-electron chi connectivity index (χ2n) is 4.93. The van der Waals surface area contributed by atoms with Gasteiger partial charge in [-0.3, -0.25) is 0 Å². The summed E-state index contributed by atoms with van der Waals surface area (Å²) in [4.78, 5) is 22.9. The van der Waals surface area contributed by atoms with Crippen molar-refractivity contribution >= 4 is 11.9 Å². The maximum absolute atomic E-state index is 11.5. The summed E-state index contributed by atoms with van der Waals surface area (Å²) in [5.41, 5.74) is 0.840. The molecular weight excluding hydrogens is 312 g/mol. The summed E-state index contributed by atoms with van der Waals surface area (Å²) in [5.74, 6) is -0.336. The van der Waals surface area contributed by atoms with Gasteiger partial charge >= 0.3 is 11.9 Å². The van der Waals surface area contributed by atoms with E-state index in [0.717, 1.165) is 5.56 Å². The Balaban J connectivity index is 0.00000254. The van der Waals surface area contributed by atoms with Crippen molar-refractivity contribution in [3.05, 3.63) is 29.8 Å². The molecule has 0 aromatic heterocycles. The number of hydrogen-bond donors (Lipinski definition) is 0. The number of hydrogen-bond acceptors (Lipinski definition) is 6. The molecule has 1 aromatic rings. The summed E-state index contributed by atoms with van der Waals surface area (Å²) < 4.78 is 20.1. The van der Waals surface area contributed by atoms with E-state index in [4.69, 9.17) is 14.2 Å². The fourth-order valence-corrected chi connectivity index (χ4v) is 1.81. The fourth-order valence-electron chi connectivity index (χ4n) is 1.81. The topological polar surface area (TPSA) is 71.1 Å². The summed E-state index contributed by atoms with van der Waals surface area (Å²) in [5, 5.41) is 0. The molecule has 0 saturated carbocycles. The first kappa shape index (κ1) is 21.9. The largest absolute Gasteiger partial charge is 0.482 e. The fraction of sp³-hybridized carbons (Fsp3) is 0.556. The van der Waals surface area contributed by atoms with Gasteiger partial charge < -0.3 is 18.9 Å². The Kier molecular flexibility index (Phi) is 11.3. The smallest absolute Gasteiger partial charge is 0.344 e. The summed E-state index contributed by atoms with van der Waals surface area (Å²) in [6.07, 6.45) is -0.493. The minimum Gasteiger partial charge on any atom is -0.482 e. The number of esters is 2. The van der Waals surface area contributed by atoms with E-state index in [-0.39, 0.29) is 12.7 Å². The highest BCUT2D eigenvalue weighted by Gasteiger charge is 2.19. The van der Waals surface area contributed by atoms with Crippen LogP contribution in [0.4, 0.5) is 0 Å². The number of ether oxygens (including phenoxy) is 4. The van der Waals surface area contributed by atoms with E-state index >= 15 is 0 Å². The number of benzene rings is 1. The van der Waals surface area contributed by atoms with Crippen molar-refractivity contribution < 1.29 is 28.5 Å². The third kappa shape index (κ3) is 8.53. The predicted molar refractivity (Wildman–Crippen MR) is 91.0 cm³/mol. The van der Waals surface area contributed by atoms with E-state index in [1.54, 1.807) is 32.0 Å². The van der Waals surface area contributed by atoms with Crippen LogP contribution in [0.2, 0.25) is 0 Å². The lowest BCUT2D eigenvalue weighted by Crippen LogP contribution is -2.26. The first-order chi connectivity index (χ1) is 11.5. The Morgan fingerprint density at radius 1 is 1.12 bits per heavy atom. The molecular formula is C18H28O6. The maximum atomic E-state index is 11.5. The molecule has 0 radical (unpaired) electrons. The molecule has 1 unspecified atom stereocenters. The summed E-state index contributed by atoms with van der Waals surface area (Å²) in [6, 6.07) is 7.10. The van der Waals surface area contributed by atoms with Crippen LogP contribution in [0.25, 0.3) is 0 Å². The van der Waals surface area contributed by atoms with Gasteiger partial charge in [0.25, 0.3) is 0 Å². The van der Waals surface area contributed by atoms with Gasteiger partial charge in [0.2, 0.25) is 0 Å². The minimum absolute atomic E-state index is 0.160. The molecule has 0 aliphatic rings. The van der Waals surface area contributed by atoms with Crippen LogP contribution in [0, 0.1) is 0 Å². The number of methoxy groups -OCH3 is 2. The molecule has 6 nitrogen and oxygen atoms in total. The molecule has 136 valence electrons. The van der Waals surface area contributed by atoms with E-state index in [0.29, 0.717) is 12.2 Å². The molecule has 0 amide bonds. The van der Waals surface area contributed by atoms with Crippen molar-refractivity contribution in [2.45, 2.75) is 46.3 Å². The molecule has 1 atom stereocenters. The zero-order chi connectivity index (χ0) is 18.5. The van der Waals surface area contributed by atoms with Crippen molar-refractivity contribution in [2.24, 2.45) is 0 Å². The van der Waals surface area contributed by atoms with Gasteiger partial charge in [0.1, 0.15) is 5.75 Å². The van der Waals surface area contributed by atoms with Gasteiger partial charge in [-0.25, -0.2) is 9.59 Å². The van der Waals surface area contributed by atoms with Crippen molar-refractivity contribution in [1.29, 1.82) is 0 Å². The molecule has 6 heteroatoms. The molecule has 0 fully saturated rings. The Labute approximate surface area is 144 Å². The highest BCUT2D eigenvalue weighted by Crippen LogP contribution is 2.16. The lowest BCUT2D eigenvalue weighted by atomic mass is 10.1. The molecule has 0 heterocycles. The minimum atomic E-state index is -0.675. The van der Waals surface area contributed by atoms with Crippen molar-refractivity contribution in [3.63, 3.8) is 0 Å². The van der Waals surface area contributed by atoms with E-state index in [2.05, 4.69) is 4.74 Å². The molecule has 0 bridgehead atoms. The highest BCUT2D eigenvalue weighted by molar-refractivity contribution is 5.75. The molecule has 0 aliphatic heterocycles. The van der Waals surface area contributed by atoms with E-state index in [9.17, 15) is 9.59 Å². The number of carbonyl (C=O) groups is 2. The van der Waals surface area contributed by atoms with Crippen LogP contribution in [0.1, 0.15) is 33.3 Å². The Bertz CT molecular complexity index is 498. The van der Waals surface area contributed by atoms with Crippen LogP contribution < -0.4 is 4.74 Å². The van der Waals surface area contributed by atoms with Gasteiger partial charge in [0.15, 0.2) is 12.7 Å². The van der Waals surface area contributed by atoms with Gasteiger partial charge in [-0.1, -0.05) is 26.0 Å². The normalized spacial score (nSPS) is 11.1. The summed E-state index contributed by atoms with van der Waals surface area (Å²) in [7, 11) is 2.76. The summed E-state index contributed by atoms with van der Waals surface area (Å²) in [6.45, 7) is 7.39. The zero-order valence-corrected chi connectivity index (χ0v) is 15.3. The van der Waals surface area contributed by atoms with E-state index < -0.39 is 18.0 Å². The molecule has 1 rings (SSSR count). The van der Waals surface area contributed by atoms with Crippen LogP contribution in [0.15, 0.2) is 24.3 Å². The predicted octanol–water partition coefficient (Wildman–Crippen LogP) is 2.77. The molecule has 0 aliphatic carbocycles. The second-order valence-corrected chi connectivity index (χ2v) is 4.93. The lowest BCUT2D eigenvalue weighted by Gasteiger charge is -2.14. The van der Waals surface area contributed by atoms with Gasteiger partial charge in [0.05, 0.1) is 13.2 Å². The zero-order valence-electron chi connectivity index (χ0n) is 15.3. The van der Waals surface area contributed by atoms with Gasteiger partial charge in [0, 0.05) is 13.5 Å². The number of carbonyl (C=O) groups excluding carboxylic acids is 2. The number of rotatable bonds is 8. The van der Waals surface area contributed by atoms with Gasteiger partial charge in [-0.2, -0.15) is 0 Å². The van der Waals surface area contributed by atoms with E-state index in [1.807, 2.05) is 19.9 Å². The quantitative estimate of drug-likeness (QED) is 0.678. The monoisotopic (exact) mass is 340 g/mol. The van der Waals surface area contributed by atoms with Crippen LogP contribution >= 0.6 is 0 Å². The third-order valence-electron chi connectivity index (χ3n) is 2.79. The van der Waals surface area contributed by atoms with Crippen LogP contribution in [-0.4, -0.2) is 45.0 Å².